The summed E-state index contributed by atoms with van der Waals surface area (Å²) in [6, 6.07) is 7.00. The zero-order valence-electron chi connectivity index (χ0n) is 15.5. The van der Waals surface area contributed by atoms with Gasteiger partial charge in [0, 0.05) is 24.5 Å². The van der Waals surface area contributed by atoms with Crippen molar-refractivity contribution in [1.82, 2.24) is 20.2 Å². The van der Waals surface area contributed by atoms with Crippen molar-refractivity contribution in [2.75, 3.05) is 18.0 Å². The average Bonchev–Trinajstić information content (AvgIpc) is 3.29. The number of aromatic nitrogens is 4. The highest BCUT2D eigenvalue weighted by molar-refractivity contribution is 5.93. The number of hydrogen-bond donors (Lipinski definition) is 2. The van der Waals surface area contributed by atoms with Gasteiger partial charge in [0.25, 0.3) is 0 Å². The first-order valence-electron chi connectivity index (χ1n) is 9.44. The summed E-state index contributed by atoms with van der Waals surface area (Å²) in [5.74, 6) is -1.98. The monoisotopic (exact) mass is 421 g/mol. The van der Waals surface area contributed by atoms with Crippen LogP contribution >= 0.6 is 0 Å². The Balaban J connectivity index is 1.48. The molecule has 2 aromatic carbocycles. The van der Waals surface area contributed by atoms with Crippen LogP contribution in [0, 0.1) is 17.6 Å². The molecular weight excluding hydrogens is 405 g/mol. The normalized spacial score (nSPS) is 16.1. The highest BCUT2D eigenvalue weighted by atomic mass is 19.4. The highest BCUT2D eigenvalue weighted by Crippen LogP contribution is 2.37. The Labute approximate surface area is 166 Å². The lowest BCUT2D eigenvalue weighted by Crippen LogP contribution is -2.39. The first-order valence-corrected chi connectivity index (χ1v) is 9.44. The van der Waals surface area contributed by atoms with Gasteiger partial charge >= 0.3 is 6.18 Å². The van der Waals surface area contributed by atoms with Crippen LogP contribution in [0.25, 0.3) is 33.5 Å². The second kappa shape index (κ2) is 6.68. The minimum atomic E-state index is -4.22. The van der Waals surface area contributed by atoms with Crippen molar-refractivity contribution in [3.05, 3.63) is 42.0 Å². The maximum Gasteiger partial charge on any atom is 0.391 e. The van der Waals surface area contributed by atoms with Gasteiger partial charge in [-0.3, -0.25) is 5.10 Å². The zero-order chi connectivity index (χ0) is 21.0. The maximum atomic E-state index is 14.7. The second-order valence-corrected chi connectivity index (χ2v) is 7.47. The molecule has 0 saturated carbocycles. The number of aromatic amines is 2. The number of anilines is 1. The van der Waals surface area contributed by atoms with Gasteiger partial charge in [0.15, 0.2) is 5.82 Å². The van der Waals surface area contributed by atoms with Crippen LogP contribution < -0.4 is 4.90 Å². The minimum absolute atomic E-state index is 0.0694. The molecule has 5 nitrogen and oxygen atoms in total. The molecule has 2 N–H and O–H groups in total. The molecule has 0 radical (unpaired) electrons. The summed E-state index contributed by atoms with van der Waals surface area (Å²) >= 11 is 0. The van der Waals surface area contributed by atoms with Crippen LogP contribution in [0.2, 0.25) is 0 Å². The molecule has 30 heavy (non-hydrogen) atoms. The van der Waals surface area contributed by atoms with Gasteiger partial charge in [-0.25, -0.2) is 13.8 Å². The first kappa shape index (κ1) is 18.8. The molecule has 156 valence electrons. The number of nitrogens with one attached hydrogen (secondary N) is 2. The summed E-state index contributed by atoms with van der Waals surface area (Å²) in [5.41, 5.74) is 2.13. The first-order chi connectivity index (χ1) is 14.3. The third-order valence-corrected chi connectivity index (χ3v) is 5.60. The van der Waals surface area contributed by atoms with Crippen LogP contribution in [-0.2, 0) is 0 Å². The van der Waals surface area contributed by atoms with E-state index >= 15 is 0 Å². The van der Waals surface area contributed by atoms with Gasteiger partial charge in [-0.05, 0) is 37.1 Å². The summed E-state index contributed by atoms with van der Waals surface area (Å²) in [7, 11) is 0. The van der Waals surface area contributed by atoms with Gasteiger partial charge in [0.2, 0.25) is 0 Å². The molecule has 0 bridgehead atoms. The van der Waals surface area contributed by atoms with E-state index in [1.54, 1.807) is 17.0 Å². The van der Waals surface area contributed by atoms with Crippen LogP contribution in [-0.4, -0.2) is 39.4 Å². The molecule has 3 heterocycles. The molecule has 10 heteroatoms. The topological polar surface area (TPSA) is 60.6 Å². The SMILES string of the molecule is Fc1ccc2[nH]nc(-c3nc4cc(F)c(N5CCC(C(F)(F)F)CC5)cc4[nH]3)c2c1. The number of imidazole rings is 1. The Morgan fingerprint density at radius 1 is 1.00 bits per heavy atom. The molecule has 2 aromatic heterocycles. The average molecular weight is 421 g/mol. The van der Waals surface area contributed by atoms with Crippen molar-refractivity contribution in [3.63, 3.8) is 0 Å². The van der Waals surface area contributed by atoms with Crippen LogP contribution in [0.1, 0.15) is 12.8 Å². The number of hydrogen-bond acceptors (Lipinski definition) is 3. The van der Waals surface area contributed by atoms with Crippen molar-refractivity contribution in [1.29, 1.82) is 0 Å². The summed E-state index contributed by atoms with van der Waals surface area (Å²) in [6.07, 6.45) is -4.36. The largest absolute Gasteiger partial charge is 0.391 e. The number of halogens is 5. The molecule has 1 saturated heterocycles. The Kier molecular flexibility index (Phi) is 4.19. The molecule has 5 rings (SSSR count). The van der Waals surface area contributed by atoms with Gasteiger partial charge in [-0.2, -0.15) is 18.3 Å². The van der Waals surface area contributed by atoms with Gasteiger partial charge in [-0.1, -0.05) is 0 Å². The summed E-state index contributed by atoms with van der Waals surface area (Å²) < 4.78 is 67.0. The summed E-state index contributed by atoms with van der Waals surface area (Å²) in [6.45, 7) is 0.244. The molecule has 1 aliphatic rings. The van der Waals surface area contributed by atoms with E-state index in [0.717, 1.165) is 0 Å². The lowest BCUT2D eigenvalue weighted by atomic mass is 9.96. The molecule has 0 unspecified atom stereocenters. The Bertz CT molecular complexity index is 1230. The number of H-pyrrole nitrogens is 2. The van der Waals surface area contributed by atoms with Crippen LogP contribution in [0.5, 0.6) is 0 Å². The zero-order valence-corrected chi connectivity index (χ0v) is 15.5. The Morgan fingerprint density at radius 2 is 1.77 bits per heavy atom. The molecule has 0 aliphatic carbocycles. The number of nitrogens with zero attached hydrogens (tertiary/aromatic N) is 3. The number of rotatable bonds is 2. The summed E-state index contributed by atoms with van der Waals surface area (Å²) in [4.78, 5) is 9.04. The van der Waals surface area contributed by atoms with Crippen molar-refractivity contribution in [2.45, 2.75) is 19.0 Å². The molecule has 0 atom stereocenters. The third-order valence-electron chi connectivity index (χ3n) is 5.60. The van der Waals surface area contributed by atoms with Crippen molar-refractivity contribution < 1.29 is 22.0 Å². The van der Waals surface area contributed by atoms with Gasteiger partial charge in [0.05, 0.1) is 28.2 Å². The Morgan fingerprint density at radius 3 is 2.50 bits per heavy atom. The molecule has 4 aromatic rings. The molecule has 0 spiro atoms. The molecule has 1 fully saturated rings. The van der Waals surface area contributed by atoms with Crippen molar-refractivity contribution in [3.8, 4) is 11.5 Å². The fourth-order valence-corrected chi connectivity index (χ4v) is 3.99. The minimum Gasteiger partial charge on any atom is -0.369 e. The van der Waals surface area contributed by atoms with E-state index in [9.17, 15) is 22.0 Å². The smallest absolute Gasteiger partial charge is 0.369 e. The third kappa shape index (κ3) is 3.16. The predicted octanol–water partition coefficient (Wildman–Crippen LogP) is 5.16. The van der Waals surface area contributed by atoms with E-state index in [2.05, 4.69) is 20.2 Å². The van der Waals surface area contributed by atoms with E-state index in [4.69, 9.17) is 0 Å². The van der Waals surface area contributed by atoms with Crippen LogP contribution in [0.4, 0.5) is 27.6 Å². The van der Waals surface area contributed by atoms with E-state index in [1.165, 1.54) is 18.2 Å². The number of benzene rings is 2. The van der Waals surface area contributed by atoms with Gasteiger partial charge < -0.3 is 9.88 Å². The number of alkyl halides is 3. The maximum absolute atomic E-state index is 14.7. The lowest BCUT2D eigenvalue weighted by molar-refractivity contribution is -0.179. The van der Waals surface area contributed by atoms with Gasteiger partial charge in [-0.15, -0.1) is 0 Å². The van der Waals surface area contributed by atoms with E-state index in [1.807, 2.05) is 0 Å². The van der Waals surface area contributed by atoms with E-state index in [0.29, 0.717) is 33.5 Å². The lowest BCUT2D eigenvalue weighted by Gasteiger charge is -2.34. The second-order valence-electron chi connectivity index (χ2n) is 7.47. The van der Waals surface area contributed by atoms with Crippen molar-refractivity contribution >= 4 is 27.6 Å². The van der Waals surface area contributed by atoms with Crippen LogP contribution in [0.15, 0.2) is 30.3 Å². The predicted molar refractivity (Wildman–Crippen MR) is 102 cm³/mol. The van der Waals surface area contributed by atoms with Gasteiger partial charge in [0.1, 0.15) is 17.3 Å². The fourth-order valence-electron chi connectivity index (χ4n) is 3.99. The van der Waals surface area contributed by atoms with E-state index < -0.39 is 23.7 Å². The Hall–Kier alpha value is -3.17. The van der Waals surface area contributed by atoms with Crippen molar-refractivity contribution in [2.24, 2.45) is 5.92 Å². The summed E-state index contributed by atoms with van der Waals surface area (Å²) in [5, 5.41) is 7.50. The standard InChI is InChI=1S/C20H16F5N5/c21-11-1-2-14-12(7-11)18(29-28-14)19-26-15-8-13(22)17(9-16(15)27-19)30-5-3-10(4-6-30)20(23,24)25/h1-2,7-10H,3-6H2,(H,26,27)(H,28,29). The van der Waals surface area contributed by atoms with Crippen LogP contribution in [0.3, 0.4) is 0 Å². The molecule has 1 aliphatic heterocycles. The van der Waals surface area contributed by atoms with E-state index in [-0.39, 0.29) is 31.6 Å². The molecule has 0 amide bonds. The quantitative estimate of drug-likeness (QED) is 0.440. The number of fused-ring (bicyclic) bond motifs is 2. The number of piperidine rings is 1. The fraction of sp³-hybridized carbons (Fsp3) is 0.300. The molecular formula is C20H16F5N5. The highest BCUT2D eigenvalue weighted by Gasteiger charge is 2.41.